The maximum absolute atomic E-state index is 13.1. The quantitative estimate of drug-likeness (QED) is 0.499. The first kappa shape index (κ1) is 23.1. The molecule has 2 amide bonds. The second kappa shape index (κ2) is 10.3. The summed E-state index contributed by atoms with van der Waals surface area (Å²) in [6.45, 7) is 1.83. The lowest BCUT2D eigenvalue weighted by Gasteiger charge is -2.32. The van der Waals surface area contributed by atoms with Gasteiger partial charge >= 0.3 is 0 Å². The highest BCUT2D eigenvalue weighted by atomic mass is 16.5. The zero-order valence-corrected chi connectivity index (χ0v) is 19.6. The number of aromatic nitrogens is 1. The van der Waals surface area contributed by atoms with Crippen LogP contribution in [0.4, 0.5) is 0 Å². The van der Waals surface area contributed by atoms with Crippen molar-refractivity contribution in [2.75, 3.05) is 13.1 Å². The second-order valence-corrected chi connectivity index (χ2v) is 10.1. The van der Waals surface area contributed by atoms with Gasteiger partial charge in [-0.3, -0.25) is 9.59 Å². The van der Waals surface area contributed by atoms with Crippen LogP contribution in [0.5, 0.6) is 0 Å². The van der Waals surface area contributed by atoms with Crippen molar-refractivity contribution in [2.24, 2.45) is 11.7 Å². The Morgan fingerprint density at radius 3 is 2.50 bits per heavy atom. The zero-order valence-electron chi connectivity index (χ0n) is 19.6. The van der Waals surface area contributed by atoms with Crippen LogP contribution < -0.4 is 21.7 Å². The molecule has 2 aromatic rings. The molecule has 2 aliphatic carbocycles. The van der Waals surface area contributed by atoms with E-state index in [-0.39, 0.29) is 35.9 Å². The summed E-state index contributed by atoms with van der Waals surface area (Å²) in [6, 6.07) is 9.66. The van der Waals surface area contributed by atoms with Crippen LogP contribution in [0.3, 0.4) is 0 Å². The third-order valence-electron chi connectivity index (χ3n) is 7.50. The van der Waals surface area contributed by atoms with Crippen molar-refractivity contribution in [1.29, 1.82) is 0 Å². The molecule has 1 aromatic heterocycles. The van der Waals surface area contributed by atoms with Gasteiger partial charge in [-0.05, 0) is 88.1 Å². The van der Waals surface area contributed by atoms with E-state index in [1.165, 1.54) is 0 Å². The molecule has 34 heavy (non-hydrogen) atoms. The van der Waals surface area contributed by atoms with Crippen LogP contribution in [-0.4, -0.2) is 42.1 Å². The summed E-state index contributed by atoms with van der Waals surface area (Å²) >= 11 is 0. The summed E-state index contributed by atoms with van der Waals surface area (Å²) in [5.74, 6) is 1.18. The molecule has 2 saturated carbocycles. The first-order valence-corrected chi connectivity index (χ1v) is 12.7. The van der Waals surface area contributed by atoms with E-state index in [1.807, 2.05) is 24.3 Å². The van der Waals surface area contributed by atoms with E-state index in [9.17, 15) is 9.59 Å². The minimum atomic E-state index is -0.229. The number of piperidine rings is 1. The van der Waals surface area contributed by atoms with Crippen molar-refractivity contribution in [1.82, 2.24) is 21.1 Å². The van der Waals surface area contributed by atoms with Gasteiger partial charge in [0.05, 0.1) is 6.04 Å². The van der Waals surface area contributed by atoms with Gasteiger partial charge in [0.1, 0.15) is 5.76 Å². The molecule has 0 radical (unpaired) electrons. The number of nitrogens with zero attached hydrogens (tertiary/aromatic N) is 1. The topological polar surface area (TPSA) is 122 Å². The predicted molar refractivity (Wildman–Crippen MR) is 128 cm³/mol. The highest BCUT2D eigenvalue weighted by molar-refractivity contribution is 5.95. The van der Waals surface area contributed by atoms with E-state index in [4.69, 9.17) is 10.3 Å². The minimum Gasteiger partial charge on any atom is -0.360 e. The molecule has 1 unspecified atom stereocenters. The highest BCUT2D eigenvalue weighted by Crippen LogP contribution is 2.40. The van der Waals surface area contributed by atoms with Crippen molar-refractivity contribution < 1.29 is 14.1 Å². The van der Waals surface area contributed by atoms with Gasteiger partial charge in [-0.1, -0.05) is 17.3 Å². The van der Waals surface area contributed by atoms with E-state index in [0.29, 0.717) is 17.2 Å². The Bertz CT molecular complexity index is 1000. The van der Waals surface area contributed by atoms with Crippen molar-refractivity contribution in [3.63, 3.8) is 0 Å². The Hall–Kier alpha value is -2.71. The van der Waals surface area contributed by atoms with E-state index < -0.39 is 0 Å². The Kier molecular flexibility index (Phi) is 6.97. The maximum atomic E-state index is 13.1. The van der Waals surface area contributed by atoms with Crippen LogP contribution in [0.15, 0.2) is 34.9 Å². The number of hydrogen-bond acceptors (Lipinski definition) is 6. The normalized spacial score (nSPS) is 24.4. The first-order valence-electron chi connectivity index (χ1n) is 12.7. The second-order valence-electron chi connectivity index (χ2n) is 10.1. The number of carbonyl (C=O) groups excluding carboxylic acids is 2. The van der Waals surface area contributed by atoms with E-state index in [2.05, 4.69) is 21.1 Å². The van der Waals surface area contributed by atoms with Crippen molar-refractivity contribution >= 4 is 11.8 Å². The fraction of sp³-hybridized carbons (Fsp3) is 0.577. The molecule has 0 spiro atoms. The summed E-state index contributed by atoms with van der Waals surface area (Å²) in [6.07, 6.45) is 7.82. The average Bonchev–Trinajstić information content (AvgIpc) is 3.60. The molecule has 2 heterocycles. The number of nitrogens with two attached hydrogens (primary N) is 1. The maximum Gasteiger partial charge on any atom is 0.273 e. The number of rotatable bonds is 7. The van der Waals surface area contributed by atoms with Crippen LogP contribution >= 0.6 is 0 Å². The lowest BCUT2D eigenvalue weighted by Crippen LogP contribution is -2.41. The minimum absolute atomic E-state index is 0.0664. The fourth-order valence-corrected chi connectivity index (χ4v) is 5.23. The molecule has 1 aromatic carbocycles. The molecule has 3 aliphatic rings. The van der Waals surface area contributed by atoms with Gasteiger partial charge in [-0.2, -0.15) is 0 Å². The smallest absolute Gasteiger partial charge is 0.273 e. The van der Waals surface area contributed by atoms with Gasteiger partial charge in [0.15, 0.2) is 5.69 Å². The van der Waals surface area contributed by atoms with Crippen LogP contribution in [-0.2, 0) is 0 Å². The Morgan fingerprint density at radius 2 is 1.76 bits per heavy atom. The van der Waals surface area contributed by atoms with Gasteiger partial charge in [-0.25, -0.2) is 0 Å². The van der Waals surface area contributed by atoms with Gasteiger partial charge in [0, 0.05) is 29.6 Å². The molecule has 3 fully saturated rings. The summed E-state index contributed by atoms with van der Waals surface area (Å²) in [5, 5.41) is 13.8. The molecule has 0 bridgehead atoms. The monoisotopic (exact) mass is 465 g/mol. The molecule has 1 aliphatic heterocycles. The molecule has 1 saturated heterocycles. The van der Waals surface area contributed by atoms with Gasteiger partial charge < -0.3 is 26.2 Å². The van der Waals surface area contributed by atoms with Crippen molar-refractivity contribution in [3.8, 4) is 0 Å². The van der Waals surface area contributed by atoms with Gasteiger partial charge in [0.2, 0.25) is 0 Å². The highest BCUT2D eigenvalue weighted by Gasteiger charge is 2.31. The lowest BCUT2D eigenvalue weighted by molar-refractivity contribution is 0.0904. The number of nitrogens with one attached hydrogen (secondary N) is 3. The van der Waals surface area contributed by atoms with Crippen LogP contribution in [0.25, 0.3) is 0 Å². The molecule has 182 valence electrons. The number of amides is 2. The first-order chi connectivity index (χ1) is 16.6. The summed E-state index contributed by atoms with van der Waals surface area (Å²) in [5.41, 5.74) is 7.90. The van der Waals surface area contributed by atoms with Gasteiger partial charge in [-0.15, -0.1) is 0 Å². The molecular weight excluding hydrogens is 430 g/mol. The summed E-state index contributed by atoms with van der Waals surface area (Å²) < 4.78 is 5.39. The molecule has 5 N–H and O–H groups in total. The lowest BCUT2D eigenvalue weighted by atomic mass is 9.85. The van der Waals surface area contributed by atoms with Gasteiger partial charge in [0.25, 0.3) is 11.8 Å². The number of carbonyl (C=O) groups is 2. The van der Waals surface area contributed by atoms with E-state index >= 15 is 0 Å². The average molecular weight is 466 g/mol. The Balaban J connectivity index is 1.32. The molecular formula is C26H35N5O3. The standard InChI is InChI=1S/C26H35N5O3/c27-20-6-8-21(9-7-20)29-25(32)19-3-1-2-18(14-19)24(17-10-12-28-13-11-17)30-26(33)22-15-23(34-31-22)16-4-5-16/h1-3,14-17,20-21,24,28H,4-13,27H2,(H,29,32)(H,30,33)/t20-,21-,24?. The molecule has 8 nitrogen and oxygen atoms in total. The van der Waals surface area contributed by atoms with Crippen LogP contribution in [0.1, 0.15) is 95.5 Å². The summed E-state index contributed by atoms with van der Waals surface area (Å²) in [4.78, 5) is 26.1. The zero-order chi connectivity index (χ0) is 23.5. The Labute approximate surface area is 200 Å². The van der Waals surface area contributed by atoms with Crippen LogP contribution in [0.2, 0.25) is 0 Å². The fourth-order valence-electron chi connectivity index (χ4n) is 5.23. The van der Waals surface area contributed by atoms with Crippen LogP contribution in [0, 0.1) is 5.92 Å². The largest absolute Gasteiger partial charge is 0.360 e. The third kappa shape index (κ3) is 5.50. The molecule has 1 atom stereocenters. The van der Waals surface area contributed by atoms with Crippen molar-refractivity contribution in [2.45, 2.75) is 75.4 Å². The molecule has 5 rings (SSSR count). The third-order valence-corrected chi connectivity index (χ3v) is 7.50. The van der Waals surface area contributed by atoms with Crippen molar-refractivity contribution in [3.05, 3.63) is 52.9 Å². The predicted octanol–water partition coefficient (Wildman–Crippen LogP) is 3.02. The van der Waals surface area contributed by atoms with E-state index in [1.54, 1.807) is 6.07 Å². The number of benzene rings is 1. The molecule has 8 heteroatoms. The SMILES string of the molecule is N[C@H]1CC[C@H](NC(=O)c2cccc(C(NC(=O)c3cc(C4CC4)on3)C3CCNCC3)c2)CC1. The number of hydrogen-bond donors (Lipinski definition) is 4. The Morgan fingerprint density at radius 1 is 1.00 bits per heavy atom. The van der Waals surface area contributed by atoms with E-state index in [0.717, 1.165) is 75.8 Å². The summed E-state index contributed by atoms with van der Waals surface area (Å²) in [7, 11) is 0.